The summed E-state index contributed by atoms with van der Waals surface area (Å²) in [4.78, 5) is 0. The summed E-state index contributed by atoms with van der Waals surface area (Å²) in [5.41, 5.74) is 13.0. The zero-order valence-corrected chi connectivity index (χ0v) is 23.0. The number of hydrogen-bond acceptors (Lipinski definition) is 1. The number of hydrogen-bond donors (Lipinski definition) is 0. The molecule has 6 aromatic carbocycles. The van der Waals surface area contributed by atoms with E-state index in [9.17, 15) is 0 Å². The van der Waals surface area contributed by atoms with E-state index in [1.54, 1.807) is 0 Å². The van der Waals surface area contributed by atoms with Crippen molar-refractivity contribution in [1.82, 2.24) is 4.57 Å². The Morgan fingerprint density at radius 1 is 0.512 bits per heavy atom. The number of fused-ring (bicyclic) bond motifs is 11. The van der Waals surface area contributed by atoms with Gasteiger partial charge in [0.05, 0.1) is 16.4 Å². The normalized spacial score (nSPS) is 13.8. The zero-order chi connectivity index (χ0) is 27.3. The molecule has 0 N–H and O–H groups in total. The highest BCUT2D eigenvalue weighted by molar-refractivity contribution is 6.25. The average molecular weight is 526 g/mol. The first kappa shape index (κ1) is 22.7. The van der Waals surface area contributed by atoms with Gasteiger partial charge in [0.25, 0.3) is 0 Å². The quantitative estimate of drug-likeness (QED) is 0.219. The molecule has 0 aliphatic heterocycles. The molecule has 0 atom stereocenters. The summed E-state index contributed by atoms with van der Waals surface area (Å²) >= 11 is 0. The van der Waals surface area contributed by atoms with Crippen LogP contribution in [0.1, 0.15) is 25.0 Å². The summed E-state index contributed by atoms with van der Waals surface area (Å²) in [5.74, 6) is 0. The Hall–Kier alpha value is -5.08. The van der Waals surface area contributed by atoms with Gasteiger partial charge < -0.3 is 8.98 Å². The van der Waals surface area contributed by atoms with Crippen LogP contribution in [0.3, 0.4) is 0 Å². The summed E-state index contributed by atoms with van der Waals surface area (Å²) < 4.78 is 9.35. The third kappa shape index (κ3) is 2.97. The van der Waals surface area contributed by atoms with Gasteiger partial charge in [0, 0.05) is 32.8 Å². The lowest BCUT2D eigenvalue weighted by Gasteiger charge is -2.21. The Morgan fingerprint density at radius 3 is 2.05 bits per heavy atom. The summed E-state index contributed by atoms with van der Waals surface area (Å²) in [6.45, 7) is 4.64. The number of nitrogens with zero attached hydrogens (tertiary/aromatic N) is 1. The van der Waals surface area contributed by atoms with E-state index in [4.69, 9.17) is 4.42 Å². The topological polar surface area (TPSA) is 18.1 Å². The van der Waals surface area contributed by atoms with Crippen LogP contribution in [-0.2, 0) is 5.41 Å². The molecule has 2 heterocycles. The van der Waals surface area contributed by atoms with Crippen molar-refractivity contribution >= 4 is 43.7 Å². The molecule has 9 rings (SSSR count). The fourth-order valence-corrected chi connectivity index (χ4v) is 7.24. The molecule has 0 unspecified atom stereocenters. The molecule has 0 spiro atoms. The van der Waals surface area contributed by atoms with E-state index < -0.39 is 0 Å². The second-order valence-corrected chi connectivity index (χ2v) is 11.7. The van der Waals surface area contributed by atoms with E-state index in [-0.39, 0.29) is 5.41 Å². The summed E-state index contributed by atoms with van der Waals surface area (Å²) in [7, 11) is 0. The molecule has 41 heavy (non-hydrogen) atoms. The SMILES string of the molecule is CC1(C)c2ccccc2-c2c1ccc1c2oc2c1ccc1c2c2ccccc2n1-c1ccc(-c2ccccc2)cc1. The van der Waals surface area contributed by atoms with Crippen molar-refractivity contribution < 1.29 is 4.42 Å². The van der Waals surface area contributed by atoms with Crippen LogP contribution in [-0.4, -0.2) is 4.57 Å². The molecule has 2 heteroatoms. The molecular formula is C39H27NO. The lowest BCUT2D eigenvalue weighted by Crippen LogP contribution is -2.14. The number of benzene rings is 6. The standard InChI is InChI=1S/C39H27NO/c1-39(2)31-14-8-6-12-29(31)35-32(39)22-20-27-28-21-23-34-36(38(28)41-37(27)35)30-13-7-9-15-33(30)40(34)26-18-16-25(17-19-26)24-10-4-3-5-11-24/h3-23H,1-2H3. The molecule has 2 aromatic heterocycles. The maximum Gasteiger partial charge on any atom is 0.145 e. The molecule has 0 fully saturated rings. The van der Waals surface area contributed by atoms with Gasteiger partial charge in [-0.25, -0.2) is 0 Å². The van der Waals surface area contributed by atoms with Gasteiger partial charge in [0.2, 0.25) is 0 Å². The average Bonchev–Trinajstić information content (AvgIpc) is 3.64. The van der Waals surface area contributed by atoms with Crippen molar-refractivity contribution in [1.29, 1.82) is 0 Å². The fraction of sp³-hybridized carbons (Fsp3) is 0.0769. The number of furan rings is 1. The number of rotatable bonds is 2. The lowest BCUT2D eigenvalue weighted by molar-refractivity contribution is 0.654. The van der Waals surface area contributed by atoms with Crippen LogP contribution in [0.2, 0.25) is 0 Å². The Labute approximate surface area is 238 Å². The van der Waals surface area contributed by atoms with Gasteiger partial charge in [-0.3, -0.25) is 0 Å². The Bertz CT molecular complexity index is 2310. The van der Waals surface area contributed by atoms with Crippen LogP contribution in [0.15, 0.2) is 132 Å². The molecule has 0 saturated carbocycles. The predicted octanol–water partition coefficient (Wildman–Crippen LogP) is 10.7. The molecule has 0 radical (unpaired) electrons. The van der Waals surface area contributed by atoms with E-state index in [0.29, 0.717) is 0 Å². The minimum atomic E-state index is -0.0592. The monoisotopic (exact) mass is 525 g/mol. The largest absolute Gasteiger partial charge is 0.455 e. The zero-order valence-electron chi connectivity index (χ0n) is 23.0. The van der Waals surface area contributed by atoms with Gasteiger partial charge in [0.15, 0.2) is 0 Å². The minimum Gasteiger partial charge on any atom is -0.455 e. The molecule has 0 bridgehead atoms. The second kappa shape index (κ2) is 7.99. The molecule has 194 valence electrons. The van der Waals surface area contributed by atoms with Crippen LogP contribution >= 0.6 is 0 Å². The van der Waals surface area contributed by atoms with E-state index in [0.717, 1.165) is 22.4 Å². The predicted molar refractivity (Wildman–Crippen MR) is 171 cm³/mol. The first-order chi connectivity index (χ1) is 20.1. The van der Waals surface area contributed by atoms with Crippen LogP contribution in [0, 0.1) is 0 Å². The van der Waals surface area contributed by atoms with E-state index in [2.05, 4.69) is 146 Å². The molecule has 2 nitrogen and oxygen atoms in total. The van der Waals surface area contributed by atoms with Gasteiger partial charge in [-0.15, -0.1) is 0 Å². The van der Waals surface area contributed by atoms with E-state index >= 15 is 0 Å². The summed E-state index contributed by atoms with van der Waals surface area (Å²) in [6, 6.07) is 46.0. The van der Waals surface area contributed by atoms with Crippen molar-refractivity contribution in [3.05, 3.63) is 139 Å². The van der Waals surface area contributed by atoms with Gasteiger partial charge in [-0.2, -0.15) is 0 Å². The Balaban J connectivity index is 1.33. The highest BCUT2D eigenvalue weighted by Crippen LogP contribution is 2.53. The molecule has 0 amide bonds. The minimum absolute atomic E-state index is 0.0592. The number of aromatic nitrogens is 1. The van der Waals surface area contributed by atoms with Crippen molar-refractivity contribution in [2.45, 2.75) is 19.3 Å². The van der Waals surface area contributed by atoms with Gasteiger partial charge in [0.1, 0.15) is 11.2 Å². The maximum atomic E-state index is 6.98. The highest BCUT2D eigenvalue weighted by atomic mass is 16.3. The summed E-state index contributed by atoms with van der Waals surface area (Å²) in [5, 5.41) is 4.72. The highest BCUT2D eigenvalue weighted by Gasteiger charge is 2.37. The van der Waals surface area contributed by atoms with Crippen molar-refractivity contribution in [3.8, 4) is 27.9 Å². The van der Waals surface area contributed by atoms with Gasteiger partial charge >= 0.3 is 0 Å². The van der Waals surface area contributed by atoms with Crippen LogP contribution in [0.5, 0.6) is 0 Å². The number of para-hydroxylation sites is 1. The third-order valence-corrected chi connectivity index (χ3v) is 9.22. The molecule has 1 aliphatic carbocycles. The molecule has 8 aromatic rings. The van der Waals surface area contributed by atoms with Crippen molar-refractivity contribution in [3.63, 3.8) is 0 Å². The first-order valence-electron chi connectivity index (χ1n) is 14.3. The molecule has 0 saturated heterocycles. The Morgan fingerprint density at radius 2 is 1.20 bits per heavy atom. The molecular weight excluding hydrogens is 498 g/mol. The van der Waals surface area contributed by atoms with Gasteiger partial charge in [-0.05, 0) is 58.1 Å². The van der Waals surface area contributed by atoms with Crippen molar-refractivity contribution in [2.24, 2.45) is 0 Å². The van der Waals surface area contributed by atoms with Crippen LogP contribution in [0.4, 0.5) is 0 Å². The van der Waals surface area contributed by atoms with E-state index in [1.807, 2.05) is 0 Å². The maximum absolute atomic E-state index is 6.98. The molecule has 1 aliphatic rings. The summed E-state index contributed by atoms with van der Waals surface area (Å²) in [6.07, 6.45) is 0. The van der Waals surface area contributed by atoms with Crippen LogP contribution < -0.4 is 0 Å². The van der Waals surface area contributed by atoms with Crippen molar-refractivity contribution in [2.75, 3.05) is 0 Å². The Kier molecular flexibility index (Phi) is 4.42. The van der Waals surface area contributed by atoms with Crippen LogP contribution in [0.25, 0.3) is 71.7 Å². The second-order valence-electron chi connectivity index (χ2n) is 11.7. The lowest BCUT2D eigenvalue weighted by atomic mass is 9.82. The van der Waals surface area contributed by atoms with Gasteiger partial charge in [-0.1, -0.05) is 111 Å². The van der Waals surface area contributed by atoms with E-state index in [1.165, 1.54) is 60.4 Å². The third-order valence-electron chi connectivity index (χ3n) is 9.22. The first-order valence-corrected chi connectivity index (χ1v) is 14.3. The smallest absolute Gasteiger partial charge is 0.145 e. The fourth-order valence-electron chi connectivity index (χ4n) is 7.24.